The van der Waals surface area contributed by atoms with E-state index < -0.39 is 11.5 Å². The first-order chi connectivity index (χ1) is 8.80. The van der Waals surface area contributed by atoms with E-state index in [1.54, 1.807) is 0 Å². The van der Waals surface area contributed by atoms with Gasteiger partial charge in [-0.15, -0.1) is 0 Å². The first-order valence-electron chi connectivity index (χ1n) is 6.69. The number of amides is 2. The summed E-state index contributed by atoms with van der Waals surface area (Å²) in [5.74, 6) is 0.163. The number of carboxylic acid groups (broad SMARTS) is 1. The summed E-state index contributed by atoms with van der Waals surface area (Å²) < 4.78 is 0. The Balaban J connectivity index is 2.49. The van der Waals surface area contributed by atoms with Gasteiger partial charge in [0, 0.05) is 17.3 Å². The van der Waals surface area contributed by atoms with Crippen LogP contribution in [0.1, 0.15) is 40.0 Å². The summed E-state index contributed by atoms with van der Waals surface area (Å²) in [4.78, 5) is 24.3. The molecule has 1 atom stereocenters. The van der Waals surface area contributed by atoms with Crippen molar-refractivity contribution < 1.29 is 14.7 Å². The molecule has 0 bridgehead atoms. The molecule has 110 valence electrons. The van der Waals surface area contributed by atoms with Gasteiger partial charge in [0.2, 0.25) is 0 Å². The Labute approximate surface area is 119 Å². The fourth-order valence-electron chi connectivity index (χ4n) is 2.01. The molecular weight excluding hydrogens is 264 g/mol. The Morgan fingerprint density at radius 3 is 2.53 bits per heavy atom. The van der Waals surface area contributed by atoms with E-state index in [1.807, 2.05) is 32.5 Å². The zero-order valence-corrected chi connectivity index (χ0v) is 12.8. The lowest BCUT2D eigenvalue weighted by molar-refractivity contribution is -0.138. The molecule has 2 amide bonds. The van der Waals surface area contributed by atoms with E-state index in [9.17, 15) is 9.59 Å². The molecule has 0 spiro atoms. The van der Waals surface area contributed by atoms with E-state index in [0.29, 0.717) is 11.8 Å². The van der Waals surface area contributed by atoms with Gasteiger partial charge in [0.25, 0.3) is 0 Å². The van der Waals surface area contributed by atoms with E-state index in [-0.39, 0.29) is 12.6 Å². The van der Waals surface area contributed by atoms with Gasteiger partial charge in [-0.2, -0.15) is 11.8 Å². The van der Waals surface area contributed by atoms with Crippen LogP contribution in [-0.4, -0.2) is 51.6 Å². The first kappa shape index (κ1) is 16.1. The second-order valence-corrected chi connectivity index (χ2v) is 7.23. The topological polar surface area (TPSA) is 69.6 Å². The van der Waals surface area contributed by atoms with Gasteiger partial charge in [0.15, 0.2) is 0 Å². The van der Waals surface area contributed by atoms with E-state index in [2.05, 4.69) is 5.32 Å². The maximum atomic E-state index is 12.1. The summed E-state index contributed by atoms with van der Waals surface area (Å²) in [5, 5.41) is 12.2. The zero-order chi connectivity index (χ0) is 14.5. The van der Waals surface area contributed by atoms with Gasteiger partial charge in [-0.3, -0.25) is 4.79 Å². The number of carboxylic acids is 1. The summed E-state index contributed by atoms with van der Waals surface area (Å²) in [6, 6.07) is -0.291. The van der Waals surface area contributed by atoms with Crippen LogP contribution in [0.4, 0.5) is 4.79 Å². The zero-order valence-electron chi connectivity index (χ0n) is 11.9. The molecule has 1 rings (SSSR count). The number of hydrogen-bond acceptors (Lipinski definition) is 3. The number of aliphatic carboxylic acids is 1. The monoisotopic (exact) mass is 288 g/mol. The lowest BCUT2D eigenvalue weighted by atomic mass is 10.1. The Morgan fingerprint density at radius 1 is 1.37 bits per heavy atom. The molecular formula is C13H24N2O3S. The number of rotatable bonds is 4. The van der Waals surface area contributed by atoms with Crippen molar-refractivity contribution in [3.8, 4) is 0 Å². The van der Waals surface area contributed by atoms with Gasteiger partial charge < -0.3 is 15.3 Å². The predicted octanol–water partition coefficient (Wildman–Crippen LogP) is 2.17. The van der Waals surface area contributed by atoms with Gasteiger partial charge in [0.1, 0.15) is 6.54 Å². The molecule has 0 radical (unpaired) electrons. The third-order valence-electron chi connectivity index (χ3n) is 3.10. The van der Waals surface area contributed by atoms with E-state index in [4.69, 9.17) is 5.11 Å². The van der Waals surface area contributed by atoms with Gasteiger partial charge >= 0.3 is 12.0 Å². The van der Waals surface area contributed by atoms with Crippen LogP contribution in [-0.2, 0) is 4.79 Å². The number of carbonyl (C=O) groups excluding carboxylic acids is 1. The van der Waals surface area contributed by atoms with Crippen LogP contribution in [0.15, 0.2) is 0 Å². The van der Waals surface area contributed by atoms with Crippen molar-refractivity contribution in [2.75, 3.05) is 18.8 Å². The summed E-state index contributed by atoms with van der Waals surface area (Å²) in [6.45, 7) is 5.86. The van der Waals surface area contributed by atoms with Crippen molar-refractivity contribution in [2.24, 2.45) is 0 Å². The molecule has 1 heterocycles. The molecule has 19 heavy (non-hydrogen) atoms. The Morgan fingerprint density at radius 2 is 2.05 bits per heavy atom. The second kappa shape index (κ2) is 7.03. The minimum absolute atomic E-state index is 0.271. The normalized spacial score (nSPS) is 19.8. The highest BCUT2D eigenvalue weighted by Gasteiger charge is 2.28. The SMILES string of the molecule is CC(C)(C)N(CC(=O)O)C(=O)NCC1CCCCS1. The standard InChI is InChI=1S/C13H24N2O3S/c1-13(2,3)15(9-11(16)17)12(18)14-8-10-6-4-5-7-19-10/h10H,4-9H2,1-3H3,(H,14,18)(H,16,17). The van der Waals surface area contributed by atoms with Crippen LogP contribution >= 0.6 is 11.8 Å². The number of nitrogens with one attached hydrogen (secondary N) is 1. The molecule has 1 unspecified atom stereocenters. The van der Waals surface area contributed by atoms with Crippen LogP contribution in [0.3, 0.4) is 0 Å². The average Bonchev–Trinajstić information content (AvgIpc) is 2.33. The van der Waals surface area contributed by atoms with Crippen molar-refractivity contribution in [3.63, 3.8) is 0 Å². The summed E-state index contributed by atoms with van der Waals surface area (Å²) in [6.07, 6.45) is 3.59. The van der Waals surface area contributed by atoms with Crippen molar-refractivity contribution in [2.45, 2.75) is 50.8 Å². The lowest BCUT2D eigenvalue weighted by Gasteiger charge is -2.35. The van der Waals surface area contributed by atoms with E-state index >= 15 is 0 Å². The highest BCUT2D eigenvalue weighted by molar-refractivity contribution is 7.99. The molecule has 5 nitrogen and oxygen atoms in total. The van der Waals surface area contributed by atoms with Gasteiger partial charge in [-0.25, -0.2) is 4.79 Å². The molecule has 0 aromatic carbocycles. The highest BCUT2D eigenvalue weighted by atomic mass is 32.2. The largest absolute Gasteiger partial charge is 0.480 e. The Bertz CT molecular complexity index is 322. The predicted molar refractivity (Wildman–Crippen MR) is 77.6 cm³/mol. The number of thioether (sulfide) groups is 1. The fourth-order valence-corrected chi connectivity index (χ4v) is 3.25. The number of hydrogen-bond donors (Lipinski definition) is 2. The quantitative estimate of drug-likeness (QED) is 0.832. The maximum absolute atomic E-state index is 12.1. The fraction of sp³-hybridized carbons (Fsp3) is 0.846. The molecule has 6 heteroatoms. The Kier molecular flexibility index (Phi) is 5.97. The third kappa shape index (κ3) is 5.72. The third-order valence-corrected chi connectivity index (χ3v) is 4.50. The number of carbonyl (C=O) groups is 2. The molecule has 0 aromatic heterocycles. The van der Waals surface area contributed by atoms with Gasteiger partial charge in [0.05, 0.1) is 0 Å². The molecule has 2 N–H and O–H groups in total. The Hall–Kier alpha value is -0.910. The second-order valence-electron chi connectivity index (χ2n) is 5.83. The molecule has 1 aliphatic rings. The molecule has 0 aliphatic carbocycles. The lowest BCUT2D eigenvalue weighted by Crippen LogP contribution is -2.53. The molecule has 0 aromatic rings. The van der Waals surface area contributed by atoms with Crippen LogP contribution in [0.25, 0.3) is 0 Å². The highest BCUT2D eigenvalue weighted by Crippen LogP contribution is 2.24. The maximum Gasteiger partial charge on any atom is 0.323 e. The van der Waals surface area contributed by atoms with Crippen LogP contribution < -0.4 is 5.32 Å². The van der Waals surface area contributed by atoms with E-state index in [1.165, 1.54) is 17.7 Å². The minimum atomic E-state index is -0.989. The van der Waals surface area contributed by atoms with Crippen molar-refractivity contribution in [3.05, 3.63) is 0 Å². The summed E-state index contributed by atoms with van der Waals surface area (Å²) in [7, 11) is 0. The summed E-state index contributed by atoms with van der Waals surface area (Å²) >= 11 is 1.89. The average molecular weight is 288 g/mol. The van der Waals surface area contributed by atoms with Crippen LogP contribution in [0, 0.1) is 0 Å². The van der Waals surface area contributed by atoms with Gasteiger partial charge in [-0.1, -0.05) is 6.42 Å². The van der Waals surface area contributed by atoms with Crippen LogP contribution in [0.5, 0.6) is 0 Å². The number of urea groups is 1. The molecule has 0 saturated carbocycles. The molecule has 1 saturated heterocycles. The molecule has 1 fully saturated rings. The smallest absolute Gasteiger partial charge is 0.323 e. The van der Waals surface area contributed by atoms with Gasteiger partial charge in [-0.05, 0) is 39.4 Å². The van der Waals surface area contributed by atoms with Crippen LogP contribution in [0.2, 0.25) is 0 Å². The number of nitrogens with zero attached hydrogens (tertiary/aromatic N) is 1. The minimum Gasteiger partial charge on any atom is -0.480 e. The van der Waals surface area contributed by atoms with E-state index in [0.717, 1.165) is 12.2 Å². The van der Waals surface area contributed by atoms with Crippen molar-refractivity contribution >= 4 is 23.8 Å². The summed E-state index contributed by atoms with van der Waals surface area (Å²) in [5.41, 5.74) is -0.498. The molecule has 1 aliphatic heterocycles. The van der Waals surface area contributed by atoms with Crippen molar-refractivity contribution in [1.29, 1.82) is 0 Å². The van der Waals surface area contributed by atoms with Crippen molar-refractivity contribution in [1.82, 2.24) is 10.2 Å². The first-order valence-corrected chi connectivity index (χ1v) is 7.74.